The highest BCUT2D eigenvalue weighted by molar-refractivity contribution is 9.10. The van der Waals surface area contributed by atoms with Gasteiger partial charge in [0, 0.05) is 47.9 Å². The van der Waals surface area contributed by atoms with Gasteiger partial charge >= 0.3 is 0 Å². The number of sulfonamides is 1. The van der Waals surface area contributed by atoms with Gasteiger partial charge in [0.2, 0.25) is 15.9 Å². The molecule has 1 aliphatic carbocycles. The van der Waals surface area contributed by atoms with Gasteiger partial charge in [-0.15, -0.1) is 0 Å². The number of nitrogens with zero attached hydrogens (tertiary/aromatic N) is 3. The number of nitrogens with one attached hydrogen (secondary N) is 1. The lowest BCUT2D eigenvalue weighted by molar-refractivity contribution is -0.116. The first-order valence-corrected chi connectivity index (χ1v) is 14.6. The number of carbonyl (C=O) groups is 2. The van der Waals surface area contributed by atoms with Crippen LogP contribution in [0, 0.1) is 0 Å². The van der Waals surface area contributed by atoms with Gasteiger partial charge in [-0.25, -0.2) is 8.42 Å². The number of likely N-dealkylation sites (N-methyl/N-ethyl adjacent to an activating group) is 1. The Labute approximate surface area is 221 Å². The van der Waals surface area contributed by atoms with E-state index in [1.807, 2.05) is 11.9 Å². The van der Waals surface area contributed by atoms with Crippen LogP contribution in [-0.4, -0.2) is 80.2 Å². The zero-order chi connectivity index (χ0) is 25.7. The molecule has 1 heterocycles. The second kappa shape index (κ2) is 11.9. The molecule has 10 heteroatoms. The van der Waals surface area contributed by atoms with E-state index in [-0.39, 0.29) is 23.4 Å². The highest BCUT2D eigenvalue weighted by Gasteiger charge is 2.34. The van der Waals surface area contributed by atoms with Gasteiger partial charge in [0.15, 0.2) is 0 Å². The fourth-order valence-corrected chi connectivity index (χ4v) is 6.66. The third-order valence-electron chi connectivity index (χ3n) is 6.91. The molecular formula is C26H33BrN4O4S. The van der Waals surface area contributed by atoms with Crippen molar-refractivity contribution in [2.45, 2.75) is 43.0 Å². The first-order valence-electron chi connectivity index (χ1n) is 12.4. The van der Waals surface area contributed by atoms with Crippen LogP contribution in [0.25, 0.3) is 0 Å². The topological polar surface area (TPSA) is 90.0 Å². The Kier molecular flexibility index (Phi) is 8.82. The van der Waals surface area contributed by atoms with Crippen molar-refractivity contribution in [3.8, 4) is 0 Å². The standard InChI is InChI=1S/C26H33BrN4O4S/c1-29-15-17-30(18-16-29)26(33)20-7-11-22(12-8-20)28-25(32)19-31(23-5-3-2-4-6-23)36(34,35)24-13-9-21(27)10-14-24/h7-14,23H,2-6,15-19H2,1H3,(H,28,32). The fraction of sp³-hybridized carbons (Fsp3) is 0.462. The maximum atomic E-state index is 13.5. The van der Waals surface area contributed by atoms with E-state index in [1.165, 1.54) is 4.31 Å². The first-order chi connectivity index (χ1) is 17.2. The molecule has 0 atom stereocenters. The molecule has 0 unspecified atom stereocenters. The third-order valence-corrected chi connectivity index (χ3v) is 9.35. The smallest absolute Gasteiger partial charge is 0.253 e. The lowest BCUT2D eigenvalue weighted by Crippen LogP contribution is -2.47. The maximum Gasteiger partial charge on any atom is 0.253 e. The van der Waals surface area contributed by atoms with E-state index in [0.29, 0.717) is 24.3 Å². The molecule has 1 aliphatic heterocycles. The van der Waals surface area contributed by atoms with Crippen molar-refractivity contribution in [2.75, 3.05) is 45.1 Å². The molecule has 0 radical (unpaired) electrons. The van der Waals surface area contributed by atoms with Gasteiger partial charge in [0.1, 0.15) is 0 Å². The molecule has 2 aromatic carbocycles. The zero-order valence-electron chi connectivity index (χ0n) is 20.5. The van der Waals surface area contributed by atoms with Crippen LogP contribution in [0.5, 0.6) is 0 Å². The van der Waals surface area contributed by atoms with Gasteiger partial charge in [-0.1, -0.05) is 35.2 Å². The van der Waals surface area contributed by atoms with Gasteiger partial charge < -0.3 is 15.1 Å². The van der Waals surface area contributed by atoms with Gasteiger partial charge in [-0.05, 0) is 68.4 Å². The number of piperazine rings is 1. The van der Waals surface area contributed by atoms with Gasteiger partial charge in [-0.3, -0.25) is 9.59 Å². The summed E-state index contributed by atoms with van der Waals surface area (Å²) in [5.41, 5.74) is 1.10. The number of hydrogen-bond acceptors (Lipinski definition) is 5. The van der Waals surface area contributed by atoms with Crippen LogP contribution in [0.4, 0.5) is 5.69 Å². The summed E-state index contributed by atoms with van der Waals surface area (Å²) in [5, 5.41) is 2.81. The number of rotatable bonds is 7. The molecule has 8 nitrogen and oxygen atoms in total. The largest absolute Gasteiger partial charge is 0.336 e. The Morgan fingerprint density at radius 3 is 2.17 bits per heavy atom. The quantitative estimate of drug-likeness (QED) is 0.541. The summed E-state index contributed by atoms with van der Waals surface area (Å²) in [6.07, 6.45) is 4.45. The number of carbonyl (C=O) groups excluding carboxylic acids is 2. The summed E-state index contributed by atoms with van der Waals surface area (Å²) in [6, 6.07) is 13.1. The van der Waals surface area contributed by atoms with Crippen molar-refractivity contribution in [2.24, 2.45) is 0 Å². The van der Waals surface area contributed by atoms with Crippen LogP contribution in [0.1, 0.15) is 42.5 Å². The van der Waals surface area contributed by atoms with Crippen molar-refractivity contribution in [3.05, 3.63) is 58.6 Å². The van der Waals surface area contributed by atoms with E-state index >= 15 is 0 Å². The number of amides is 2. The van der Waals surface area contributed by atoms with E-state index in [0.717, 1.165) is 49.7 Å². The predicted molar refractivity (Wildman–Crippen MR) is 143 cm³/mol. The SMILES string of the molecule is CN1CCN(C(=O)c2ccc(NC(=O)CN(C3CCCCC3)S(=O)(=O)c3ccc(Br)cc3)cc2)CC1. The molecule has 194 valence electrons. The van der Waals surface area contributed by atoms with Crippen molar-refractivity contribution < 1.29 is 18.0 Å². The summed E-state index contributed by atoms with van der Waals surface area (Å²) in [6.45, 7) is 2.82. The molecular weight excluding hydrogens is 544 g/mol. The number of benzene rings is 2. The summed E-state index contributed by atoms with van der Waals surface area (Å²) < 4.78 is 29.2. The molecule has 0 aromatic heterocycles. The fourth-order valence-electron chi connectivity index (χ4n) is 4.75. The zero-order valence-corrected chi connectivity index (χ0v) is 22.9. The summed E-state index contributed by atoms with van der Waals surface area (Å²) in [5.74, 6) is -0.426. The number of hydrogen-bond donors (Lipinski definition) is 1. The van der Waals surface area contributed by atoms with E-state index in [1.54, 1.807) is 48.5 Å². The minimum Gasteiger partial charge on any atom is -0.336 e. The van der Waals surface area contributed by atoms with Crippen LogP contribution in [0.2, 0.25) is 0 Å². The minimum atomic E-state index is -3.84. The van der Waals surface area contributed by atoms with Crippen LogP contribution < -0.4 is 5.32 Å². The van der Waals surface area contributed by atoms with Crippen molar-refractivity contribution in [3.63, 3.8) is 0 Å². The Morgan fingerprint density at radius 2 is 1.56 bits per heavy atom. The Bertz CT molecular complexity index is 1160. The normalized spacial score (nSPS) is 17.8. The van der Waals surface area contributed by atoms with Crippen molar-refractivity contribution >= 4 is 43.5 Å². The second-order valence-electron chi connectivity index (χ2n) is 9.52. The van der Waals surface area contributed by atoms with Crippen LogP contribution in [0.3, 0.4) is 0 Å². The third kappa shape index (κ3) is 6.53. The molecule has 1 saturated carbocycles. The highest BCUT2D eigenvalue weighted by Crippen LogP contribution is 2.28. The summed E-state index contributed by atoms with van der Waals surface area (Å²) in [7, 11) is -1.80. The Hall–Kier alpha value is -2.27. The molecule has 2 amide bonds. The molecule has 2 fully saturated rings. The van der Waals surface area contributed by atoms with Crippen molar-refractivity contribution in [1.29, 1.82) is 0 Å². The Balaban J connectivity index is 1.44. The molecule has 0 bridgehead atoms. The van der Waals surface area contributed by atoms with Gasteiger partial charge in [0.25, 0.3) is 5.91 Å². The molecule has 2 aliphatic rings. The molecule has 1 N–H and O–H groups in total. The monoisotopic (exact) mass is 576 g/mol. The van der Waals surface area contributed by atoms with Crippen LogP contribution in [-0.2, 0) is 14.8 Å². The maximum absolute atomic E-state index is 13.5. The minimum absolute atomic E-state index is 0.0231. The highest BCUT2D eigenvalue weighted by atomic mass is 79.9. The lowest BCUT2D eigenvalue weighted by atomic mass is 9.95. The average molecular weight is 578 g/mol. The average Bonchev–Trinajstić information content (AvgIpc) is 2.88. The van der Waals surface area contributed by atoms with Crippen molar-refractivity contribution in [1.82, 2.24) is 14.1 Å². The molecule has 36 heavy (non-hydrogen) atoms. The summed E-state index contributed by atoms with van der Waals surface area (Å²) >= 11 is 3.34. The lowest BCUT2D eigenvalue weighted by Gasteiger charge is -2.33. The molecule has 2 aromatic rings. The number of anilines is 1. The van der Waals surface area contributed by atoms with E-state index in [9.17, 15) is 18.0 Å². The van der Waals surface area contributed by atoms with E-state index < -0.39 is 15.9 Å². The predicted octanol–water partition coefficient (Wildman–Crippen LogP) is 3.80. The van der Waals surface area contributed by atoms with E-state index in [2.05, 4.69) is 26.1 Å². The number of halogens is 1. The van der Waals surface area contributed by atoms with Gasteiger partial charge in [-0.2, -0.15) is 4.31 Å². The van der Waals surface area contributed by atoms with E-state index in [4.69, 9.17) is 0 Å². The molecule has 1 saturated heterocycles. The second-order valence-corrected chi connectivity index (χ2v) is 12.3. The first kappa shape index (κ1) is 26.8. The summed E-state index contributed by atoms with van der Waals surface area (Å²) in [4.78, 5) is 30.0. The van der Waals surface area contributed by atoms with Crippen LogP contribution >= 0.6 is 15.9 Å². The Morgan fingerprint density at radius 1 is 0.944 bits per heavy atom. The molecule has 0 spiro atoms. The van der Waals surface area contributed by atoms with Crippen LogP contribution in [0.15, 0.2) is 57.9 Å². The molecule has 4 rings (SSSR count). The van der Waals surface area contributed by atoms with Gasteiger partial charge in [0.05, 0.1) is 11.4 Å².